The lowest BCUT2D eigenvalue weighted by Crippen LogP contribution is -1.95. The Kier molecular flexibility index (Phi) is 3.64. The molecule has 0 aliphatic carbocycles. The first kappa shape index (κ1) is 13.9. The maximum atomic E-state index is 9.27. The van der Waals surface area contributed by atoms with Crippen LogP contribution in [-0.4, -0.2) is 0 Å². The largest absolute Gasteiger partial charge is 0.398 e. The number of nitrogens with two attached hydrogens (primary N) is 1. The van der Waals surface area contributed by atoms with Crippen molar-refractivity contribution < 1.29 is 0 Å². The van der Waals surface area contributed by atoms with Crippen molar-refractivity contribution in [1.82, 2.24) is 0 Å². The molecule has 0 heterocycles. The highest BCUT2D eigenvalue weighted by Gasteiger charge is 2.10. The van der Waals surface area contributed by atoms with Crippen LogP contribution < -0.4 is 5.73 Å². The van der Waals surface area contributed by atoms with E-state index in [2.05, 4.69) is 36.4 Å². The first-order valence-electron chi connectivity index (χ1n) is 7.16. The highest BCUT2D eigenvalue weighted by atomic mass is 14.6. The molecule has 2 heteroatoms. The zero-order valence-corrected chi connectivity index (χ0v) is 12.4. The highest BCUT2D eigenvalue weighted by molar-refractivity contribution is 5.78. The summed E-state index contributed by atoms with van der Waals surface area (Å²) in [5.41, 5.74) is 12.4. The van der Waals surface area contributed by atoms with Gasteiger partial charge in [-0.1, -0.05) is 54.6 Å². The fraction of sp³-hybridized carbons (Fsp3) is 0.0500. The topological polar surface area (TPSA) is 49.8 Å². The maximum Gasteiger partial charge on any atom is 0.102 e. The van der Waals surface area contributed by atoms with Crippen molar-refractivity contribution in [2.45, 2.75) is 6.92 Å². The minimum atomic E-state index is 0.531. The van der Waals surface area contributed by atoms with Gasteiger partial charge in [0.1, 0.15) is 6.07 Å². The van der Waals surface area contributed by atoms with Gasteiger partial charge in [0.25, 0.3) is 0 Å². The average molecular weight is 284 g/mol. The van der Waals surface area contributed by atoms with Crippen LogP contribution >= 0.6 is 0 Å². The molecule has 106 valence electrons. The Hall–Kier alpha value is -3.05. The Morgan fingerprint density at radius 3 is 2.23 bits per heavy atom. The maximum absolute atomic E-state index is 9.27. The molecule has 3 rings (SSSR count). The lowest BCUT2D eigenvalue weighted by atomic mass is 9.93. The molecule has 3 aromatic rings. The molecule has 0 radical (unpaired) electrons. The highest BCUT2D eigenvalue weighted by Crippen LogP contribution is 2.31. The standard InChI is InChI=1S/C20H16N2/c1-14-18(10-11-20(22)19(14)13-21)17-9-5-8-16(12-17)15-6-3-2-4-7-15/h2-12H,22H2,1H3. The third-order valence-corrected chi connectivity index (χ3v) is 3.89. The number of nitrogen functional groups attached to an aromatic ring is 1. The van der Waals surface area contributed by atoms with E-state index in [4.69, 9.17) is 5.73 Å². The van der Waals surface area contributed by atoms with Gasteiger partial charge in [-0.3, -0.25) is 0 Å². The minimum absolute atomic E-state index is 0.531. The normalized spacial score (nSPS) is 10.2. The number of rotatable bonds is 2. The van der Waals surface area contributed by atoms with Crippen LogP contribution in [0.25, 0.3) is 22.3 Å². The second-order valence-electron chi connectivity index (χ2n) is 5.26. The molecule has 0 fully saturated rings. The minimum Gasteiger partial charge on any atom is -0.398 e. The molecule has 2 N–H and O–H groups in total. The second-order valence-corrected chi connectivity index (χ2v) is 5.26. The molecular formula is C20H16N2. The Balaban J connectivity index is 2.13. The van der Waals surface area contributed by atoms with Crippen LogP contribution in [0.5, 0.6) is 0 Å². The molecule has 22 heavy (non-hydrogen) atoms. The van der Waals surface area contributed by atoms with Gasteiger partial charge in [-0.05, 0) is 46.9 Å². The Labute approximate surface area is 130 Å². The zero-order valence-electron chi connectivity index (χ0n) is 12.4. The molecule has 0 saturated heterocycles. The van der Waals surface area contributed by atoms with Crippen molar-refractivity contribution in [2.75, 3.05) is 5.73 Å². The molecule has 0 aliphatic rings. The first-order valence-corrected chi connectivity index (χ1v) is 7.16. The Morgan fingerprint density at radius 2 is 1.50 bits per heavy atom. The predicted octanol–water partition coefficient (Wildman–Crippen LogP) is 4.78. The third kappa shape index (κ3) is 2.45. The number of hydrogen-bond donors (Lipinski definition) is 1. The van der Waals surface area contributed by atoms with E-state index < -0.39 is 0 Å². The molecule has 0 saturated carbocycles. The molecular weight excluding hydrogens is 268 g/mol. The summed E-state index contributed by atoms with van der Waals surface area (Å²) in [6.07, 6.45) is 0. The van der Waals surface area contributed by atoms with E-state index in [1.165, 1.54) is 5.56 Å². The van der Waals surface area contributed by atoms with Gasteiger partial charge in [-0.15, -0.1) is 0 Å². The molecule has 0 atom stereocenters. The quantitative estimate of drug-likeness (QED) is 0.688. The average Bonchev–Trinajstić information content (AvgIpc) is 2.56. The number of anilines is 1. The van der Waals surface area contributed by atoms with Gasteiger partial charge in [-0.2, -0.15) is 5.26 Å². The summed E-state index contributed by atoms with van der Waals surface area (Å²) >= 11 is 0. The summed E-state index contributed by atoms with van der Waals surface area (Å²) in [6.45, 7) is 1.94. The fourth-order valence-corrected chi connectivity index (χ4v) is 2.69. The van der Waals surface area contributed by atoms with Crippen molar-refractivity contribution in [3.05, 3.63) is 77.9 Å². The Morgan fingerprint density at radius 1 is 0.818 bits per heavy atom. The second kappa shape index (κ2) is 5.75. The molecule has 0 aromatic heterocycles. The van der Waals surface area contributed by atoms with Gasteiger partial charge in [-0.25, -0.2) is 0 Å². The van der Waals surface area contributed by atoms with Crippen molar-refractivity contribution in [3.63, 3.8) is 0 Å². The van der Waals surface area contributed by atoms with E-state index in [1.54, 1.807) is 6.07 Å². The van der Waals surface area contributed by atoms with E-state index in [9.17, 15) is 5.26 Å². The van der Waals surface area contributed by atoms with Crippen LogP contribution in [0, 0.1) is 18.3 Å². The monoisotopic (exact) mass is 284 g/mol. The molecule has 0 spiro atoms. The fourth-order valence-electron chi connectivity index (χ4n) is 2.69. The predicted molar refractivity (Wildman–Crippen MR) is 91.2 cm³/mol. The van der Waals surface area contributed by atoms with Gasteiger partial charge in [0.05, 0.1) is 5.56 Å². The SMILES string of the molecule is Cc1c(-c2cccc(-c3ccccc3)c2)ccc(N)c1C#N. The lowest BCUT2D eigenvalue weighted by Gasteiger charge is -2.11. The van der Waals surface area contributed by atoms with Crippen LogP contribution in [0.1, 0.15) is 11.1 Å². The number of nitrogens with zero attached hydrogens (tertiary/aromatic N) is 1. The summed E-state index contributed by atoms with van der Waals surface area (Å²) in [7, 11) is 0. The first-order chi connectivity index (χ1) is 10.7. The summed E-state index contributed by atoms with van der Waals surface area (Å²) in [5, 5.41) is 9.27. The van der Waals surface area contributed by atoms with Crippen LogP contribution in [0.2, 0.25) is 0 Å². The van der Waals surface area contributed by atoms with Crippen LogP contribution in [0.15, 0.2) is 66.7 Å². The number of benzene rings is 3. The van der Waals surface area contributed by atoms with Crippen LogP contribution in [0.4, 0.5) is 5.69 Å². The van der Waals surface area contributed by atoms with E-state index >= 15 is 0 Å². The summed E-state index contributed by atoms with van der Waals surface area (Å²) in [5.74, 6) is 0. The molecule has 0 aliphatic heterocycles. The van der Waals surface area contributed by atoms with Gasteiger partial charge in [0.2, 0.25) is 0 Å². The summed E-state index contributed by atoms with van der Waals surface area (Å²) < 4.78 is 0. The van der Waals surface area contributed by atoms with Gasteiger partial charge in [0.15, 0.2) is 0 Å². The molecule has 3 aromatic carbocycles. The summed E-state index contributed by atoms with van der Waals surface area (Å²) in [6, 6.07) is 24.6. The van der Waals surface area contributed by atoms with Gasteiger partial charge >= 0.3 is 0 Å². The van der Waals surface area contributed by atoms with E-state index in [1.807, 2.05) is 37.3 Å². The van der Waals surface area contributed by atoms with E-state index in [0.717, 1.165) is 22.3 Å². The zero-order chi connectivity index (χ0) is 15.5. The van der Waals surface area contributed by atoms with Crippen LogP contribution in [-0.2, 0) is 0 Å². The van der Waals surface area contributed by atoms with Crippen molar-refractivity contribution >= 4 is 5.69 Å². The number of hydrogen-bond acceptors (Lipinski definition) is 2. The van der Waals surface area contributed by atoms with Crippen molar-refractivity contribution in [2.24, 2.45) is 0 Å². The Bertz CT molecular complexity index is 859. The van der Waals surface area contributed by atoms with E-state index in [-0.39, 0.29) is 0 Å². The van der Waals surface area contributed by atoms with Crippen molar-refractivity contribution in [1.29, 1.82) is 5.26 Å². The lowest BCUT2D eigenvalue weighted by molar-refractivity contribution is 1.39. The van der Waals surface area contributed by atoms with Crippen molar-refractivity contribution in [3.8, 4) is 28.3 Å². The van der Waals surface area contributed by atoms with E-state index in [0.29, 0.717) is 11.3 Å². The number of nitriles is 1. The molecule has 2 nitrogen and oxygen atoms in total. The van der Waals surface area contributed by atoms with Gasteiger partial charge in [0, 0.05) is 5.69 Å². The molecule has 0 amide bonds. The van der Waals surface area contributed by atoms with Gasteiger partial charge < -0.3 is 5.73 Å². The smallest absolute Gasteiger partial charge is 0.102 e. The molecule has 0 bridgehead atoms. The summed E-state index contributed by atoms with van der Waals surface area (Å²) in [4.78, 5) is 0. The van der Waals surface area contributed by atoms with Crippen LogP contribution in [0.3, 0.4) is 0 Å². The molecule has 0 unspecified atom stereocenters. The third-order valence-electron chi connectivity index (χ3n) is 3.89.